The minimum atomic E-state index is 0.122. The summed E-state index contributed by atoms with van der Waals surface area (Å²) >= 11 is 2.25. The van der Waals surface area contributed by atoms with Crippen LogP contribution in [0.15, 0.2) is 41.0 Å². The van der Waals surface area contributed by atoms with E-state index in [1.165, 1.54) is 3.57 Å². The first-order valence-corrected chi connectivity index (χ1v) is 6.62. The van der Waals surface area contributed by atoms with Crippen LogP contribution in [0, 0.1) is 3.57 Å². The van der Waals surface area contributed by atoms with Crippen molar-refractivity contribution in [1.29, 1.82) is 0 Å². The molecule has 0 bridgehead atoms. The number of carbonyl (C=O) groups is 1. The smallest absolute Gasteiger partial charge is 0.170 e. The minimum Gasteiger partial charge on any atom is -0.469 e. The summed E-state index contributed by atoms with van der Waals surface area (Å²) in [5.74, 6) is 0.900. The number of hydrogen-bond donors (Lipinski definition) is 0. The van der Waals surface area contributed by atoms with Crippen molar-refractivity contribution in [2.24, 2.45) is 0 Å². The van der Waals surface area contributed by atoms with Crippen molar-refractivity contribution in [1.82, 2.24) is 0 Å². The fourth-order valence-electron chi connectivity index (χ4n) is 1.75. The number of ketones is 1. The lowest BCUT2D eigenvalue weighted by Crippen LogP contribution is -2.04. The van der Waals surface area contributed by atoms with Crippen molar-refractivity contribution in [2.45, 2.75) is 19.8 Å². The molecule has 0 aliphatic heterocycles. The molecule has 88 valence electrons. The van der Waals surface area contributed by atoms with E-state index >= 15 is 0 Å². The van der Waals surface area contributed by atoms with Gasteiger partial charge in [0, 0.05) is 16.4 Å². The van der Waals surface area contributed by atoms with Crippen LogP contribution < -0.4 is 0 Å². The summed E-state index contributed by atoms with van der Waals surface area (Å²) in [6.45, 7) is 1.99. The van der Waals surface area contributed by atoms with E-state index in [1.807, 2.05) is 31.2 Å². The molecule has 0 amide bonds. The first kappa shape index (κ1) is 12.4. The van der Waals surface area contributed by atoms with Crippen molar-refractivity contribution >= 4 is 28.4 Å². The van der Waals surface area contributed by atoms with Crippen LogP contribution in [-0.2, 0) is 12.8 Å². The lowest BCUT2D eigenvalue weighted by atomic mass is 10.0. The largest absolute Gasteiger partial charge is 0.469 e. The van der Waals surface area contributed by atoms with Gasteiger partial charge in [0.1, 0.15) is 5.76 Å². The zero-order valence-corrected chi connectivity index (χ0v) is 11.7. The number of furan rings is 1. The molecule has 0 unspecified atom stereocenters. The van der Waals surface area contributed by atoms with E-state index in [2.05, 4.69) is 22.6 Å². The monoisotopic (exact) mass is 340 g/mol. The highest BCUT2D eigenvalue weighted by molar-refractivity contribution is 14.1. The number of Topliss-reactive ketones (excluding diaryl/α,β-unsaturated/α-hetero) is 1. The van der Waals surface area contributed by atoms with Gasteiger partial charge >= 0.3 is 0 Å². The van der Waals surface area contributed by atoms with E-state index < -0.39 is 0 Å². The predicted molar refractivity (Wildman–Crippen MR) is 75.3 cm³/mol. The lowest BCUT2D eigenvalue weighted by molar-refractivity contribution is 0.0991. The van der Waals surface area contributed by atoms with Gasteiger partial charge in [0.15, 0.2) is 5.78 Å². The molecule has 0 saturated heterocycles. The van der Waals surface area contributed by atoms with E-state index in [1.54, 1.807) is 12.3 Å². The summed E-state index contributed by atoms with van der Waals surface area (Å²) in [6, 6.07) is 9.77. The normalized spacial score (nSPS) is 10.5. The van der Waals surface area contributed by atoms with Gasteiger partial charge in [-0.15, -0.1) is 0 Å². The third kappa shape index (κ3) is 2.97. The molecule has 1 aromatic heterocycles. The van der Waals surface area contributed by atoms with Crippen LogP contribution in [0.5, 0.6) is 0 Å². The van der Waals surface area contributed by atoms with Crippen LogP contribution in [0.1, 0.15) is 28.6 Å². The number of hydrogen-bond acceptors (Lipinski definition) is 2. The summed E-state index contributed by atoms with van der Waals surface area (Å²) in [7, 11) is 0. The van der Waals surface area contributed by atoms with Gasteiger partial charge in [-0.3, -0.25) is 4.79 Å². The molecule has 0 N–H and O–H groups in total. The average Bonchev–Trinajstić information content (AvgIpc) is 2.80. The van der Waals surface area contributed by atoms with Crippen molar-refractivity contribution in [3.8, 4) is 0 Å². The van der Waals surface area contributed by atoms with E-state index in [0.717, 1.165) is 17.7 Å². The zero-order valence-electron chi connectivity index (χ0n) is 9.57. The van der Waals surface area contributed by atoms with E-state index in [0.29, 0.717) is 12.0 Å². The molecule has 0 atom stereocenters. The van der Waals surface area contributed by atoms with Crippen molar-refractivity contribution in [2.75, 3.05) is 0 Å². The second-order valence-electron chi connectivity index (χ2n) is 3.84. The van der Waals surface area contributed by atoms with Crippen LogP contribution in [0.2, 0.25) is 0 Å². The SMILES string of the molecule is CCc1occc1C(=O)Cc1ccc(I)cc1. The third-order valence-corrected chi connectivity index (χ3v) is 3.36. The molecule has 0 saturated carbocycles. The molecule has 2 aromatic rings. The van der Waals surface area contributed by atoms with Crippen LogP contribution in [0.25, 0.3) is 0 Å². The second kappa shape index (κ2) is 5.49. The molecule has 1 aromatic carbocycles. The number of aryl methyl sites for hydroxylation is 1. The van der Waals surface area contributed by atoms with Crippen LogP contribution in [0.3, 0.4) is 0 Å². The van der Waals surface area contributed by atoms with Crippen molar-refractivity contribution in [3.05, 3.63) is 57.1 Å². The Morgan fingerprint density at radius 1 is 1.24 bits per heavy atom. The van der Waals surface area contributed by atoms with Gasteiger partial charge in [0.25, 0.3) is 0 Å². The third-order valence-electron chi connectivity index (χ3n) is 2.64. The molecular weight excluding hydrogens is 327 g/mol. The Morgan fingerprint density at radius 3 is 2.59 bits per heavy atom. The Hall–Kier alpha value is -1.10. The van der Waals surface area contributed by atoms with Gasteiger partial charge in [-0.05, 0) is 46.4 Å². The zero-order chi connectivity index (χ0) is 12.3. The van der Waals surface area contributed by atoms with Gasteiger partial charge in [-0.25, -0.2) is 0 Å². The van der Waals surface area contributed by atoms with Crippen LogP contribution in [-0.4, -0.2) is 5.78 Å². The Kier molecular flexibility index (Phi) is 3.99. The number of carbonyl (C=O) groups excluding carboxylic acids is 1. The van der Waals surface area contributed by atoms with Gasteiger partial charge in [-0.2, -0.15) is 0 Å². The molecule has 0 aliphatic carbocycles. The molecular formula is C14H13IO2. The van der Waals surface area contributed by atoms with E-state index in [4.69, 9.17) is 4.42 Å². The first-order chi connectivity index (χ1) is 8.20. The maximum Gasteiger partial charge on any atom is 0.170 e. The molecule has 1 heterocycles. The number of benzene rings is 1. The van der Waals surface area contributed by atoms with Gasteiger partial charge in [0.05, 0.1) is 11.8 Å². The highest BCUT2D eigenvalue weighted by atomic mass is 127. The summed E-state index contributed by atoms with van der Waals surface area (Å²) in [5.41, 5.74) is 1.75. The summed E-state index contributed by atoms with van der Waals surface area (Å²) in [5, 5.41) is 0. The molecule has 17 heavy (non-hydrogen) atoms. The Morgan fingerprint density at radius 2 is 1.94 bits per heavy atom. The second-order valence-corrected chi connectivity index (χ2v) is 5.08. The highest BCUT2D eigenvalue weighted by Gasteiger charge is 2.13. The van der Waals surface area contributed by atoms with Crippen LogP contribution >= 0.6 is 22.6 Å². The Balaban J connectivity index is 2.14. The summed E-state index contributed by atoms with van der Waals surface area (Å²) in [6.07, 6.45) is 2.77. The molecule has 2 nitrogen and oxygen atoms in total. The molecule has 0 fully saturated rings. The van der Waals surface area contributed by atoms with E-state index in [9.17, 15) is 4.79 Å². The first-order valence-electron chi connectivity index (χ1n) is 5.54. The van der Waals surface area contributed by atoms with Crippen molar-refractivity contribution in [3.63, 3.8) is 0 Å². The lowest BCUT2D eigenvalue weighted by Gasteiger charge is -2.01. The van der Waals surface area contributed by atoms with Crippen LogP contribution in [0.4, 0.5) is 0 Å². The maximum absolute atomic E-state index is 12.1. The number of halogens is 1. The quantitative estimate of drug-likeness (QED) is 0.625. The molecule has 0 radical (unpaired) electrons. The average molecular weight is 340 g/mol. The fraction of sp³-hybridized carbons (Fsp3) is 0.214. The standard InChI is InChI=1S/C14H13IO2/c1-2-14-12(7-8-17-14)13(16)9-10-3-5-11(15)6-4-10/h3-8H,2,9H2,1H3. The predicted octanol–water partition coefficient (Wildman–Crippen LogP) is 3.87. The van der Waals surface area contributed by atoms with Crippen molar-refractivity contribution < 1.29 is 9.21 Å². The van der Waals surface area contributed by atoms with Gasteiger partial charge in [0.2, 0.25) is 0 Å². The molecule has 0 aliphatic rings. The minimum absolute atomic E-state index is 0.122. The molecule has 0 spiro atoms. The summed E-state index contributed by atoms with van der Waals surface area (Å²) < 4.78 is 6.45. The fourth-order valence-corrected chi connectivity index (χ4v) is 2.11. The van der Waals surface area contributed by atoms with Gasteiger partial charge < -0.3 is 4.42 Å². The number of rotatable bonds is 4. The topological polar surface area (TPSA) is 30.2 Å². The van der Waals surface area contributed by atoms with E-state index in [-0.39, 0.29) is 5.78 Å². The Labute approximate surface area is 114 Å². The maximum atomic E-state index is 12.1. The Bertz CT molecular complexity index is 511. The highest BCUT2D eigenvalue weighted by Crippen LogP contribution is 2.15. The molecule has 2 rings (SSSR count). The summed E-state index contributed by atoms with van der Waals surface area (Å²) in [4.78, 5) is 12.1. The van der Waals surface area contributed by atoms with Gasteiger partial charge in [-0.1, -0.05) is 19.1 Å². The molecule has 3 heteroatoms.